The second kappa shape index (κ2) is 9.53. The van der Waals surface area contributed by atoms with Gasteiger partial charge in [0.1, 0.15) is 11.5 Å². The molecule has 0 saturated carbocycles. The number of rotatable bonds is 1. The predicted molar refractivity (Wildman–Crippen MR) is 113 cm³/mol. The Morgan fingerprint density at radius 2 is 1.26 bits per heavy atom. The molecule has 0 bridgehead atoms. The van der Waals surface area contributed by atoms with Crippen LogP contribution in [0.1, 0.15) is 25.0 Å². The fourth-order valence-corrected chi connectivity index (χ4v) is 2.58. The number of hydrogen-bond donors (Lipinski definition) is 1. The summed E-state index contributed by atoms with van der Waals surface area (Å²) in [4.78, 5) is 8.34. The summed E-state index contributed by atoms with van der Waals surface area (Å²) in [5.74, 6) is 1.02. The van der Waals surface area contributed by atoms with Crippen molar-refractivity contribution in [1.82, 2.24) is 9.97 Å². The van der Waals surface area contributed by atoms with E-state index in [1.807, 2.05) is 51.1 Å². The lowest BCUT2D eigenvalue weighted by Crippen LogP contribution is -1.85. The van der Waals surface area contributed by atoms with Crippen LogP contribution < -0.4 is 4.74 Å². The average molecular weight is 362 g/mol. The number of pyridine rings is 2. The van der Waals surface area contributed by atoms with Crippen molar-refractivity contribution in [3.63, 3.8) is 0 Å². The minimum absolute atomic E-state index is 0.216. The molecule has 0 unspecified atom stereocenters. The van der Waals surface area contributed by atoms with E-state index < -0.39 is 0 Å². The van der Waals surface area contributed by atoms with E-state index in [1.165, 1.54) is 17.3 Å². The van der Waals surface area contributed by atoms with E-state index in [4.69, 9.17) is 9.84 Å². The van der Waals surface area contributed by atoms with Crippen molar-refractivity contribution in [3.8, 4) is 11.5 Å². The summed E-state index contributed by atoms with van der Waals surface area (Å²) in [6.07, 6.45) is 3.19. The molecule has 2 heterocycles. The summed E-state index contributed by atoms with van der Waals surface area (Å²) >= 11 is 0. The smallest absolute Gasteiger partial charge is 0.137 e. The molecule has 0 aliphatic rings. The average Bonchev–Trinajstić information content (AvgIpc) is 2.69. The van der Waals surface area contributed by atoms with Crippen molar-refractivity contribution in [3.05, 3.63) is 72.1 Å². The Morgan fingerprint density at radius 1 is 0.741 bits per heavy atom. The summed E-state index contributed by atoms with van der Waals surface area (Å²) < 4.78 is 5.10. The van der Waals surface area contributed by atoms with Gasteiger partial charge < -0.3 is 9.84 Å². The number of aryl methyl sites for hydroxylation is 2. The Labute approximate surface area is 160 Å². The standard InChI is InChI=1S/C11H11NO.C10H9NO.C2H6/c1-8-3-4-11-9(5-8)6-10(13-2)7-12-11;1-7-2-3-10-8(4-7)5-9(12)6-11-10;1-2/h3-7H,1-2H3;2-6,12H,1H3;1-2H3. The summed E-state index contributed by atoms with van der Waals surface area (Å²) in [5, 5.41) is 11.3. The van der Waals surface area contributed by atoms with Crippen molar-refractivity contribution >= 4 is 21.8 Å². The molecule has 0 fully saturated rings. The largest absolute Gasteiger partial charge is 0.506 e. The number of aromatic nitrogens is 2. The van der Waals surface area contributed by atoms with Crippen LogP contribution in [0.25, 0.3) is 21.8 Å². The predicted octanol–water partition coefficient (Wildman–Crippen LogP) is 5.83. The maximum absolute atomic E-state index is 9.16. The molecule has 1 N–H and O–H groups in total. The van der Waals surface area contributed by atoms with Gasteiger partial charge in [-0.2, -0.15) is 0 Å². The Morgan fingerprint density at radius 3 is 1.81 bits per heavy atom. The highest BCUT2D eigenvalue weighted by Crippen LogP contribution is 2.19. The Balaban J connectivity index is 0.000000178. The minimum Gasteiger partial charge on any atom is -0.506 e. The van der Waals surface area contributed by atoms with E-state index in [-0.39, 0.29) is 5.75 Å². The number of aromatic hydroxyl groups is 1. The molecule has 0 amide bonds. The van der Waals surface area contributed by atoms with E-state index >= 15 is 0 Å². The number of nitrogens with zero attached hydrogens (tertiary/aromatic N) is 2. The van der Waals surface area contributed by atoms with Crippen molar-refractivity contribution in [2.24, 2.45) is 0 Å². The fraction of sp³-hybridized carbons (Fsp3) is 0.217. The van der Waals surface area contributed by atoms with E-state index in [1.54, 1.807) is 19.4 Å². The molecule has 140 valence electrons. The lowest BCUT2D eigenvalue weighted by Gasteiger charge is -2.01. The Kier molecular flexibility index (Phi) is 7.12. The molecule has 0 saturated heterocycles. The van der Waals surface area contributed by atoms with Crippen molar-refractivity contribution < 1.29 is 9.84 Å². The van der Waals surface area contributed by atoms with Gasteiger partial charge in [0, 0.05) is 10.8 Å². The maximum atomic E-state index is 9.16. The second-order valence-corrected chi connectivity index (χ2v) is 5.96. The first-order valence-electron chi connectivity index (χ1n) is 9.01. The van der Waals surface area contributed by atoms with Gasteiger partial charge >= 0.3 is 0 Å². The quantitative estimate of drug-likeness (QED) is 0.463. The van der Waals surface area contributed by atoms with Gasteiger partial charge in [-0.05, 0) is 50.2 Å². The van der Waals surface area contributed by atoms with Gasteiger partial charge in [-0.3, -0.25) is 9.97 Å². The van der Waals surface area contributed by atoms with Crippen LogP contribution in [0, 0.1) is 13.8 Å². The first kappa shape index (κ1) is 20.2. The van der Waals surface area contributed by atoms with Gasteiger partial charge in [-0.1, -0.05) is 37.1 Å². The van der Waals surface area contributed by atoms with Crippen LogP contribution in [0.5, 0.6) is 11.5 Å². The highest BCUT2D eigenvalue weighted by Gasteiger charge is 1.97. The highest BCUT2D eigenvalue weighted by molar-refractivity contribution is 5.81. The molecule has 0 radical (unpaired) electrons. The Hall–Kier alpha value is -3.14. The van der Waals surface area contributed by atoms with Crippen LogP contribution in [-0.2, 0) is 0 Å². The molecule has 0 atom stereocenters. The molecule has 0 aliphatic heterocycles. The van der Waals surface area contributed by atoms with E-state index in [0.717, 1.165) is 27.6 Å². The van der Waals surface area contributed by atoms with Crippen LogP contribution >= 0.6 is 0 Å². The first-order chi connectivity index (χ1) is 13.0. The number of hydrogen-bond acceptors (Lipinski definition) is 4. The second-order valence-electron chi connectivity index (χ2n) is 5.96. The van der Waals surface area contributed by atoms with Crippen LogP contribution in [0.4, 0.5) is 0 Å². The lowest BCUT2D eigenvalue weighted by atomic mass is 10.1. The van der Waals surface area contributed by atoms with Crippen LogP contribution in [0.2, 0.25) is 0 Å². The third-order valence-electron chi connectivity index (χ3n) is 3.87. The molecular formula is C23H26N2O2. The monoisotopic (exact) mass is 362 g/mol. The third-order valence-corrected chi connectivity index (χ3v) is 3.87. The summed E-state index contributed by atoms with van der Waals surface area (Å²) in [6, 6.07) is 15.8. The fourth-order valence-electron chi connectivity index (χ4n) is 2.58. The third kappa shape index (κ3) is 5.42. The summed E-state index contributed by atoms with van der Waals surface area (Å²) in [6.45, 7) is 8.09. The van der Waals surface area contributed by atoms with Gasteiger partial charge in [0.25, 0.3) is 0 Å². The van der Waals surface area contributed by atoms with Crippen LogP contribution in [-0.4, -0.2) is 22.2 Å². The number of ether oxygens (including phenoxy) is 1. The molecule has 0 spiro atoms. The van der Waals surface area contributed by atoms with Gasteiger partial charge in [-0.25, -0.2) is 0 Å². The topological polar surface area (TPSA) is 55.2 Å². The first-order valence-corrected chi connectivity index (χ1v) is 9.01. The lowest BCUT2D eigenvalue weighted by molar-refractivity contribution is 0.414. The van der Waals surface area contributed by atoms with Gasteiger partial charge in [0.05, 0.1) is 30.5 Å². The SMILES string of the molecule is CC.COc1cnc2ccc(C)cc2c1.Cc1ccc2ncc(O)cc2c1. The summed E-state index contributed by atoms with van der Waals surface area (Å²) in [7, 11) is 1.65. The maximum Gasteiger partial charge on any atom is 0.137 e. The van der Waals surface area contributed by atoms with Gasteiger partial charge in [-0.15, -0.1) is 0 Å². The molecule has 2 aromatic carbocycles. The normalized spacial score (nSPS) is 9.81. The molecule has 4 nitrogen and oxygen atoms in total. The van der Waals surface area contributed by atoms with Gasteiger partial charge in [0.2, 0.25) is 0 Å². The molecule has 2 aromatic heterocycles. The van der Waals surface area contributed by atoms with Crippen molar-refractivity contribution in [2.75, 3.05) is 7.11 Å². The number of methoxy groups -OCH3 is 1. The van der Waals surface area contributed by atoms with E-state index in [9.17, 15) is 0 Å². The van der Waals surface area contributed by atoms with Crippen LogP contribution in [0.3, 0.4) is 0 Å². The van der Waals surface area contributed by atoms with E-state index in [0.29, 0.717) is 0 Å². The van der Waals surface area contributed by atoms with Crippen molar-refractivity contribution in [2.45, 2.75) is 27.7 Å². The highest BCUT2D eigenvalue weighted by atomic mass is 16.5. The van der Waals surface area contributed by atoms with Gasteiger partial charge in [0.15, 0.2) is 0 Å². The Bertz CT molecular complexity index is 992. The zero-order valence-corrected chi connectivity index (χ0v) is 16.5. The molecule has 4 rings (SSSR count). The number of benzene rings is 2. The molecule has 4 aromatic rings. The molecule has 27 heavy (non-hydrogen) atoms. The zero-order chi connectivity index (χ0) is 19.8. The number of fused-ring (bicyclic) bond motifs is 2. The van der Waals surface area contributed by atoms with E-state index in [2.05, 4.69) is 29.0 Å². The molecule has 0 aliphatic carbocycles. The minimum atomic E-state index is 0.216. The molecular weight excluding hydrogens is 336 g/mol. The summed E-state index contributed by atoms with van der Waals surface area (Å²) in [5.41, 5.74) is 4.34. The van der Waals surface area contributed by atoms with Crippen LogP contribution in [0.15, 0.2) is 60.9 Å². The van der Waals surface area contributed by atoms with Crippen molar-refractivity contribution in [1.29, 1.82) is 0 Å². The zero-order valence-electron chi connectivity index (χ0n) is 16.5. The molecule has 4 heteroatoms.